The highest BCUT2D eigenvalue weighted by Crippen LogP contribution is 2.12. The monoisotopic (exact) mass is 173 g/mol. The van der Waals surface area contributed by atoms with E-state index in [2.05, 4.69) is 20.1 Å². The summed E-state index contributed by atoms with van der Waals surface area (Å²) in [7, 11) is 0. The Morgan fingerprint density at radius 3 is 2.82 bits per heavy atom. The summed E-state index contributed by atoms with van der Waals surface area (Å²) in [5, 5.41) is 11.0. The fraction of sp³-hybridized carbons (Fsp3) is 0.800. The number of nitrogens with zero attached hydrogens (tertiary/aromatic N) is 3. The van der Waals surface area contributed by atoms with Crippen molar-refractivity contribution < 1.29 is 0 Å². The second-order valence-corrected chi connectivity index (χ2v) is 3.61. The van der Waals surface area contributed by atoms with E-state index in [9.17, 15) is 0 Å². The Bertz CT molecular complexity index is 207. The fourth-order valence-corrected chi connectivity index (χ4v) is 1.07. The average molecular weight is 173 g/mol. The predicted molar refractivity (Wildman–Crippen MR) is 44.5 cm³/mol. The first-order chi connectivity index (χ1) is 5.14. The molecule has 1 aromatic rings. The summed E-state index contributed by atoms with van der Waals surface area (Å²) in [6, 6.07) is 0. The molecule has 62 valence electrons. The molecule has 0 unspecified atom stereocenters. The molecule has 0 amide bonds. The predicted octanol–water partition coefficient (Wildman–Crippen LogP) is 0.0823. The molecule has 3 N–H and O–H groups in total. The van der Waals surface area contributed by atoms with Crippen molar-refractivity contribution in [3.8, 4) is 0 Å². The number of rotatable bonds is 3. The highest BCUT2D eigenvalue weighted by Gasteiger charge is 2.16. The first-order valence-corrected chi connectivity index (χ1v) is 4.05. The molecule has 6 heteroatoms. The molecule has 0 atom stereocenters. The van der Waals surface area contributed by atoms with Crippen LogP contribution in [0, 0.1) is 0 Å². The minimum absolute atomic E-state index is 0.138. The largest absolute Gasteiger partial charge is 0.353 e. The summed E-state index contributed by atoms with van der Waals surface area (Å²) < 4.78 is 3.62. The summed E-state index contributed by atoms with van der Waals surface area (Å²) in [4.78, 5) is 0. The van der Waals surface area contributed by atoms with Gasteiger partial charge in [0, 0.05) is 23.6 Å². The highest BCUT2D eigenvalue weighted by molar-refractivity contribution is 7.09. The maximum absolute atomic E-state index is 5.50. The van der Waals surface area contributed by atoms with E-state index in [-0.39, 0.29) is 5.54 Å². The summed E-state index contributed by atoms with van der Waals surface area (Å²) in [5.74, 6) is 0. The third-order valence-corrected chi connectivity index (χ3v) is 1.77. The van der Waals surface area contributed by atoms with Crippen LogP contribution in [0.4, 0.5) is 5.13 Å². The Hall–Kier alpha value is -0.750. The quantitative estimate of drug-likeness (QED) is 0.677. The molecule has 0 fully saturated rings. The van der Waals surface area contributed by atoms with Crippen LogP contribution in [0.5, 0.6) is 0 Å². The minimum atomic E-state index is -0.138. The lowest BCUT2D eigenvalue weighted by atomic mass is 10.1. The van der Waals surface area contributed by atoms with Gasteiger partial charge in [0.2, 0.25) is 5.13 Å². The zero-order valence-electron chi connectivity index (χ0n) is 6.53. The van der Waals surface area contributed by atoms with Gasteiger partial charge in [-0.25, -0.2) is 0 Å². The summed E-state index contributed by atoms with van der Waals surface area (Å²) in [5.41, 5.74) is 5.36. The number of hydrogen-bond donors (Lipinski definition) is 2. The molecule has 0 aliphatic rings. The van der Waals surface area contributed by atoms with Crippen LogP contribution in [-0.2, 0) is 0 Å². The lowest BCUT2D eigenvalue weighted by molar-refractivity contribution is 0.578. The van der Waals surface area contributed by atoms with E-state index >= 15 is 0 Å². The summed E-state index contributed by atoms with van der Waals surface area (Å²) in [6.07, 6.45) is 0. The zero-order chi connectivity index (χ0) is 8.32. The lowest BCUT2D eigenvalue weighted by Gasteiger charge is -2.22. The first-order valence-electron chi connectivity index (χ1n) is 3.27. The van der Waals surface area contributed by atoms with Gasteiger partial charge in [-0.1, -0.05) is 9.59 Å². The van der Waals surface area contributed by atoms with Crippen molar-refractivity contribution in [1.29, 1.82) is 0 Å². The molecular formula is C5H11N5S. The Balaban J connectivity index is 2.56. The van der Waals surface area contributed by atoms with E-state index in [4.69, 9.17) is 5.73 Å². The van der Waals surface area contributed by atoms with Crippen molar-refractivity contribution in [2.75, 3.05) is 11.9 Å². The normalized spacial score (nSPS) is 11.5. The second kappa shape index (κ2) is 3.10. The van der Waals surface area contributed by atoms with E-state index < -0.39 is 0 Å². The minimum Gasteiger partial charge on any atom is -0.353 e. The van der Waals surface area contributed by atoms with Crippen LogP contribution < -0.4 is 11.1 Å². The maximum Gasteiger partial charge on any atom is 0.225 e. The summed E-state index contributed by atoms with van der Waals surface area (Å²) in [6.45, 7) is 4.54. The van der Waals surface area contributed by atoms with Crippen LogP contribution in [0.25, 0.3) is 0 Å². The molecule has 0 bridgehead atoms. The zero-order valence-corrected chi connectivity index (χ0v) is 7.35. The van der Waals surface area contributed by atoms with Gasteiger partial charge in [-0.3, -0.25) is 0 Å². The number of aromatic nitrogens is 3. The van der Waals surface area contributed by atoms with Crippen LogP contribution in [0.15, 0.2) is 0 Å². The van der Waals surface area contributed by atoms with Crippen molar-refractivity contribution >= 4 is 16.7 Å². The third kappa shape index (κ3) is 2.39. The Morgan fingerprint density at radius 1 is 1.64 bits per heavy atom. The van der Waals surface area contributed by atoms with Crippen LogP contribution in [0.3, 0.4) is 0 Å². The Labute approximate surface area is 69.2 Å². The molecule has 0 radical (unpaired) electrons. The molecular weight excluding hydrogens is 162 g/mol. The van der Waals surface area contributed by atoms with E-state index in [0.29, 0.717) is 11.7 Å². The third-order valence-electron chi connectivity index (χ3n) is 1.25. The van der Waals surface area contributed by atoms with E-state index in [1.165, 1.54) is 11.5 Å². The van der Waals surface area contributed by atoms with Crippen molar-refractivity contribution in [2.24, 2.45) is 5.73 Å². The number of hydrogen-bond acceptors (Lipinski definition) is 6. The van der Waals surface area contributed by atoms with Crippen LogP contribution in [0.1, 0.15) is 13.8 Å². The molecule has 0 saturated carbocycles. The second-order valence-electron chi connectivity index (χ2n) is 2.88. The topological polar surface area (TPSA) is 76.7 Å². The smallest absolute Gasteiger partial charge is 0.225 e. The molecule has 0 aliphatic carbocycles. The average Bonchev–Trinajstić information content (AvgIpc) is 2.39. The van der Waals surface area contributed by atoms with Gasteiger partial charge in [-0.2, -0.15) is 0 Å². The number of nitrogens with two attached hydrogens (primary N) is 1. The number of anilines is 1. The van der Waals surface area contributed by atoms with Gasteiger partial charge in [-0.05, 0) is 19.1 Å². The van der Waals surface area contributed by atoms with Crippen LogP contribution >= 0.6 is 11.5 Å². The highest BCUT2D eigenvalue weighted by atomic mass is 32.1. The number of nitrogens with one attached hydrogen (secondary N) is 1. The van der Waals surface area contributed by atoms with Gasteiger partial charge in [-0.15, -0.1) is 0 Å². The van der Waals surface area contributed by atoms with Gasteiger partial charge in [0.1, 0.15) is 0 Å². The molecule has 1 aromatic heterocycles. The first kappa shape index (κ1) is 8.35. The molecule has 5 nitrogen and oxygen atoms in total. The Kier molecular flexibility index (Phi) is 2.35. The maximum atomic E-state index is 5.50. The standard InChI is InChI=1S/C5H11N5S/c1-5(2,3-6)7-4-8-9-10-11-4/h3,6H2,1-2H3,(H,7,8,10). The van der Waals surface area contributed by atoms with E-state index in [1.807, 2.05) is 13.8 Å². The van der Waals surface area contributed by atoms with Crippen molar-refractivity contribution in [2.45, 2.75) is 19.4 Å². The van der Waals surface area contributed by atoms with Crippen LogP contribution in [-0.4, -0.2) is 26.9 Å². The molecule has 0 spiro atoms. The molecule has 0 saturated heterocycles. The molecule has 1 rings (SSSR count). The van der Waals surface area contributed by atoms with Gasteiger partial charge in [0.15, 0.2) is 0 Å². The van der Waals surface area contributed by atoms with E-state index in [0.717, 1.165) is 0 Å². The van der Waals surface area contributed by atoms with Crippen molar-refractivity contribution in [1.82, 2.24) is 14.8 Å². The fourth-order valence-electron chi connectivity index (χ4n) is 0.522. The summed E-state index contributed by atoms with van der Waals surface area (Å²) >= 11 is 1.23. The van der Waals surface area contributed by atoms with Gasteiger partial charge < -0.3 is 11.1 Å². The Morgan fingerprint density at radius 2 is 2.36 bits per heavy atom. The molecule has 1 heterocycles. The lowest BCUT2D eigenvalue weighted by Crippen LogP contribution is -2.39. The van der Waals surface area contributed by atoms with Gasteiger partial charge >= 0.3 is 0 Å². The van der Waals surface area contributed by atoms with Crippen molar-refractivity contribution in [3.05, 3.63) is 0 Å². The molecule has 0 aromatic carbocycles. The molecule has 0 aliphatic heterocycles. The van der Waals surface area contributed by atoms with Gasteiger partial charge in [0.05, 0.1) is 0 Å². The van der Waals surface area contributed by atoms with Crippen LogP contribution in [0.2, 0.25) is 0 Å². The van der Waals surface area contributed by atoms with Crippen molar-refractivity contribution in [3.63, 3.8) is 0 Å². The molecule has 11 heavy (non-hydrogen) atoms. The van der Waals surface area contributed by atoms with E-state index in [1.54, 1.807) is 0 Å². The SMILES string of the molecule is CC(C)(CN)Nc1nnns1. The van der Waals surface area contributed by atoms with Gasteiger partial charge in [0.25, 0.3) is 0 Å².